The molecule has 0 heterocycles. The zero-order valence-electron chi connectivity index (χ0n) is 10.3. The van der Waals surface area contributed by atoms with E-state index in [1.54, 1.807) is 0 Å². The Labute approximate surface area is 106 Å². The van der Waals surface area contributed by atoms with E-state index in [-0.39, 0.29) is 13.0 Å². The first-order valence-electron chi connectivity index (χ1n) is 5.70. The van der Waals surface area contributed by atoms with Crippen LogP contribution in [0, 0.1) is 0 Å². The minimum atomic E-state index is -4.80. The molecule has 0 atom stereocenters. The molecule has 0 bridgehead atoms. The molecule has 0 spiro atoms. The fraction of sp³-hybridized carbons (Fsp3) is 0.800. The third kappa shape index (κ3) is 11.3. The predicted molar refractivity (Wildman–Crippen MR) is 62.0 cm³/mol. The highest BCUT2D eigenvalue weighted by Crippen LogP contribution is 2.02. The molecule has 106 valence electrons. The summed E-state index contributed by atoms with van der Waals surface area (Å²) in [7, 11) is -4.80. The van der Waals surface area contributed by atoms with Crippen molar-refractivity contribution in [3.63, 3.8) is 0 Å². The highest BCUT2D eigenvalue weighted by Gasteiger charge is 2.15. The maximum atomic E-state index is 11.1. The van der Waals surface area contributed by atoms with E-state index in [0.29, 0.717) is 0 Å². The molecule has 1 N–H and O–H groups in total. The molecule has 0 saturated carbocycles. The number of unbranched alkanes of at least 4 members (excludes halogenated alkanes) is 3. The topological polar surface area (TPSA) is 107 Å². The fourth-order valence-corrected chi connectivity index (χ4v) is 1.47. The van der Waals surface area contributed by atoms with Gasteiger partial charge in [0.15, 0.2) is 0 Å². The predicted octanol–water partition coefficient (Wildman–Crippen LogP) is 1.24. The normalized spacial score (nSPS) is 11.0. The van der Waals surface area contributed by atoms with E-state index >= 15 is 0 Å². The first-order valence-corrected chi connectivity index (χ1v) is 7.07. The Hall–Kier alpha value is -1.15. The summed E-state index contributed by atoms with van der Waals surface area (Å²) in [6.07, 6.45) is 3.15. The average molecular weight is 282 g/mol. The quantitative estimate of drug-likeness (QED) is 0.385. The van der Waals surface area contributed by atoms with Crippen molar-refractivity contribution >= 4 is 22.3 Å². The van der Waals surface area contributed by atoms with Gasteiger partial charge in [-0.3, -0.25) is 14.1 Å². The number of esters is 1. The molecule has 0 aromatic heterocycles. The minimum Gasteiger partial charge on any atom is -0.466 e. The lowest BCUT2D eigenvalue weighted by atomic mass is 10.2. The highest BCUT2D eigenvalue weighted by atomic mass is 32.3. The summed E-state index contributed by atoms with van der Waals surface area (Å²) in [6.45, 7) is 2.35. The Balaban J connectivity index is 3.61. The van der Waals surface area contributed by atoms with Crippen molar-refractivity contribution in [2.24, 2.45) is 0 Å². The van der Waals surface area contributed by atoms with Crippen LogP contribution in [0.15, 0.2) is 0 Å². The van der Waals surface area contributed by atoms with Crippen LogP contribution >= 0.6 is 0 Å². The Morgan fingerprint density at radius 1 is 1.06 bits per heavy atom. The van der Waals surface area contributed by atoms with Gasteiger partial charge in [0.1, 0.15) is 0 Å². The monoisotopic (exact) mass is 282 g/mol. The van der Waals surface area contributed by atoms with Crippen molar-refractivity contribution in [1.82, 2.24) is 0 Å². The minimum absolute atomic E-state index is 0.276. The standard InChI is InChI=1S/C10H18O7S/c1-2-3-4-5-8-16-9(11)6-7-10(12)17-18(13,14)15/h2-8H2,1H3,(H,13,14,15). The zero-order chi connectivity index (χ0) is 14.0. The molecule has 0 aliphatic carbocycles. The molecule has 0 amide bonds. The number of rotatable bonds is 9. The van der Waals surface area contributed by atoms with Gasteiger partial charge < -0.3 is 8.92 Å². The summed E-state index contributed by atoms with van der Waals surface area (Å²) >= 11 is 0. The summed E-state index contributed by atoms with van der Waals surface area (Å²) in [5, 5.41) is 0. The summed E-state index contributed by atoms with van der Waals surface area (Å²) < 4.78 is 36.9. The Morgan fingerprint density at radius 2 is 1.67 bits per heavy atom. The SMILES string of the molecule is CCCCCCOC(=O)CCC(=O)OS(=O)(=O)O. The van der Waals surface area contributed by atoms with Crippen LogP contribution < -0.4 is 0 Å². The van der Waals surface area contributed by atoms with Crippen LogP contribution in [0.2, 0.25) is 0 Å². The third-order valence-electron chi connectivity index (χ3n) is 1.99. The molecule has 0 rings (SSSR count). The van der Waals surface area contributed by atoms with Crippen molar-refractivity contribution in [1.29, 1.82) is 0 Å². The second-order valence-electron chi connectivity index (χ2n) is 3.66. The van der Waals surface area contributed by atoms with Crippen LogP contribution in [-0.2, 0) is 28.9 Å². The second kappa shape index (κ2) is 8.87. The van der Waals surface area contributed by atoms with Crippen LogP contribution in [0.25, 0.3) is 0 Å². The van der Waals surface area contributed by atoms with E-state index in [9.17, 15) is 18.0 Å². The van der Waals surface area contributed by atoms with Crippen molar-refractivity contribution in [2.45, 2.75) is 45.4 Å². The van der Waals surface area contributed by atoms with Crippen molar-refractivity contribution in [3.8, 4) is 0 Å². The van der Waals surface area contributed by atoms with Crippen molar-refractivity contribution in [2.75, 3.05) is 6.61 Å². The fourth-order valence-electron chi connectivity index (χ4n) is 1.15. The van der Waals surface area contributed by atoms with Crippen LogP contribution in [-0.4, -0.2) is 31.5 Å². The van der Waals surface area contributed by atoms with Crippen molar-refractivity contribution in [3.05, 3.63) is 0 Å². The molecule has 0 fully saturated rings. The molecular weight excluding hydrogens is 264 g/mol. The van der Waals surface area contributed by atoms with Gasteiger partial charge >= 0.3 is 22.3 Å². The molecule has 0 radical (unpaired) electrons. The Bertz CT molecular complexity index is 360. The van der Waals surface area contributed by atoms with Gasteiger partial charge in [0.25, 0.3) is 0 Å². The van der Waals surface area contributed by atoms with Crippen LogP contribution in [0.1, 0.15) is 45.4 Å². The van der Waals surface area contributed by atoms with E-state index in [1.165, 1.54) is 0 Å². The first-order chi connectivity index (χ1) is 8.35. The maximum Gasteiger partial charge on any atom is 0.448 e. The largest absolute Gasteiger partial charge is 0.466 e. The van der Waals surface area contributed by atoms with Gasteiger partial charge in [0.05, 0.1) is 19.4 Å². The number of carbonyl (C=O) groups is 2. The molecule has 0 aromatic rings. The van der Waals surface area contributed by atoms with Crippen molar-refractivity contribution < 1.29 is 31.5 Å². The number of carbonyl (C=O) groups excluding carboxylic acids is 2. The molecule has 0 aliphatic rings. The summed E-state index contributed by atoms with van der Waals surface area (Å²) in [6, 6.07) is 0. The zero-order valence-corrected chi connectivity index (χ0v) is 11.1. The van der Waals surface area contributed by atoms with E-state index < -0.39 is 28.8 Å². The van der Waals surface area contributed by atoms with Gasteiger partial charge in [-0.15, -0.1) is 0 Å². The average Bonchev–Trinajstić information content (AvgIpc) is 2.24. The van der Waals surface area contributed by atoms with Crippen LogP contribution in [0.4, 0.5) is 0 Å². The lowest BCUT2D eigenvalue weighted by Gasteiger charge is -2.04. The van der Waals surface area contributed by atoms with E-state index in [4.69, 9.17) is 9.29 Å². The molecule has 8 heteroatoms. The van der Waals surface area contributed by atoms with Crippen LogP contribution in [0.3, 0.4) is 0 Å². The molecule has 7 nitrogen and oxygen atoms in total. The molecule has 18 heavy (non-hydrogen) atoms. The molecule has 0 aromatic carbocycles. The van der Waals surface area contributed by atoms with Gasteiger partial charge in [-0.25, -0.2) is 0 Å². The molecular formula is C10H18O7S. The number of ether oxygens (including phenoxy) is 1. The molecule has 0 aliphatic heterocycles. The van der Waals surface area contributed by atoms with E-state index in [1.807, 2.05) is 0 Å². The van der Waals surface area contributed by atoms with Gasteiger partial charge in [-0.2, -0.15) is 8.42 Å². The Morgan fingerprint density at radius 3 is 2.22 bits per heavy atom. The highest BCUT2D eigenvalue weighted by molar-refractivity contribution is 7.81. The summed E-state index contributed by atoms with van der Waals surface area (Å²) in [5.74, 6) is -1.79. The third-order valence-corrected chi connectivity index (χ3v) is 2.39. The van der Waals surface area contributed by atoms with Gasteiger partial charge in [-0.1, -0.05) is 26.2 Å². The maximum absolute atomic E-state index is 11.1. The van der Waals surface area contributed by atoms with Gasteiger partial charge in [0.2, 0.25) is 0 Å². The lowest BCUT2D eigenvalue weighted by molar-refractivity contribution is -0.147. The second-order valence-corrected chi connectivity index (χ2v) is 4.69. The van der Waals surface area contributed by atoms with E-state index in [2.05, 4.69) is 11.1 Å². The summed E-state index contributed by atoms with van der Waals surface area (Å²) in [4.78, 5) is 21.9. The smallest absolute Gasteiger partial charge is 0.448 e. The Kier molecular flexibility index (Phi) is 8.30. The molecule has 0 saturated heterocycles. The lowest BCUT2D eigenvalue weighted by Crippen LogP contribution is -2.14. The first kappa shape index (κ1) is 16.9. The van der Waals surface area contributed by atoms with Gasteiger partial charge in [-0.05, 0) is 6.42 Å². The van der Waals surface area contributed by atoms with Crippen LogP contribution in [0.5, 0.6) is 0 Å². The van der Waals surface area contributed by atoms with Gasteiger partial charge in [0, 0.05) is 0 Å². The number of hydrogen-bond donors (Lipinski definition) is 1. The van der Waals surface area contributed by atoms with E-state index in [0.717, 1.165) is 25.7 Å². The number of hydrogen-bond acceptors (Lipinski definition) is 6. The molecule has 0 unspecified atom stereocenters. The summed E-state index contributed by atoms with van der Waals surface area (Å²) in [5.41, 5.74) is 0.